The van der Waals surface area contributed by atoms with E-state index in [-0.39, 0.29) is 5.56 Å². The number of methoxy groups -OCH3 is 1. The Kier molecular flexibility index (Phi) is 4.51. The number of ether oxygens (including phenoxy) is 1. The van der Waals surface area contributed by atoms with Crippen molar-refractivity contribution in [3.05, 3.63) is 39.7 Å². The highest BCUT2D eigenvalue weighted by Gasteiger charge is 2.30. The van der Waals surface area contributed by atoms with E-state index in [0.29, 0.717) is 0 Å². The molecule has 19 heavy (non-hydrogen) atoms. The van der Waals surface area contributed by atoms with Crippen LogP contribution in [-0.4, -0.2) is 29.1 Å². The van der Waals surface area contributed by atoms with Gasteiger partial charge in [-0.15, -0.1) is 0 Å². The molecule has 0 heterocycles. The number of aliphatic carboxylic acids is 1. The lowest BCUT2D eigenvalue weighted by molar-refractivity contribution is -0.387. The summed E-state index contributed by atoms with van der Waals surface area (Å²) in [4.78, 5) is 31.7. The minimum absolute atomic E-state index is 0.230. The Bertz CT molecular complexity index is 530. The van der Waals surface area contributed by atoms with E-state index in [0.717, 1.165) is 13.2 Å². The van der Waals surface area contributed by atoms with Gasteiger partial charge in [-0.2, -0.15) is 4.39 Å². The van der Waals surface area contributed by atoms with Gasteiger partial charge in [0.2, 0.25) is 5.82 Å². The van der Waals surface area contributed by atoms with E-state index in [9.17, 15) is 24.1 Å². The van der Waals surface area contributed by atoms with Gasteiger partial charge < -0.3 is 9.84 Å². The zero-order valence-electron chi connectivity index (χ0n) is 9.83. The molecule has 0 fully saturated rings. The van der Waals surface area contributed by atoms with Crippen LogP contribution in [0.5, 0.6) is 0 Å². The molecule has 1 atom stereocenters. The van der Waals surface area contributed by atoms with Crippen molar-refractivity contribution in [2.75, 3.05) is 7.11 Å². The highest BCUT2D eigenvalue weighted by atomic mass is 19.1. The number of nitro benzene ring substituents is 1. The fourth-order valence-electron chi connectivity index (χ4n) is 1.50. The fraction of sp³-hybridized carbons (Fsp3) is 0.273. The van der Waals surface area contributed by atoms with Crippen LogP contribution in [0.2, 0.25) is 0 Å². The lowest BCUT2D eigenvalue weighted by atomic mass is 9.98. The molecule has 102 valence electrons. The molecular weight excluding hydrogens is 261 g/mol. The van der Waals surface area contributed by atoms with Gasteiger partial charge in [0.1, 0.15) is 0 Å². The molecular formula is C11H10FNO6. The van der Waals surface area contributed by atoms with E-state index in [1.165, 1.54) is 12.1 Å². The number of hydrogen-bond donors (Lipinski definition) is 1. The van der Waals surface area contributed by atoms with Gasteiger partial charge in [-0.25, -0.2) is 0 Å². The predicted molar refractivity (Wildman–Crippen MR) is 59.9 cm³/mol. The van der Waals surface area contributed by atoms with Crippen molar-refractivity contribution < 1.29 is 28.7 Å². The first-order valence-electron chi connectivity index (χ1n) is 5.11. The Morgan fingerprint density at radius 3 is 2.63 bits per heavy atom. The van der Waals surface area contributed by atoms with E-state index < -0.39 is 40.7 Å². The average Bonchev–Trinajstić information content (AvgIpc) is 2.35. The van der Waals surface area contributed by atoms with Crippen LogP contribution in [-0.2, 0) is 20.7 Å². The maximum Gasteiger partial charge on any atom is 0.320 e. The molecule has 0 saturated carbocycles. The third-order valence-corrected chi connectivity index (χ3v) is 2.46. The largest absolute Gasteiger partial charge is 0.481 e. The molecule has 1 aromatic rings. The fourth-order valence-corrected chi connectivity index (χ4v) is 1.50. The topological polar surface area (TPSA) is 107 Å². The number of benzene rings is 1. The molecule has 1 N–H and O–H groups in total. The molecule has 0 aliphatic rings. The average molecular weight is 271 g/mol. The summed E-state index contributed by atoms with van der Waals surface area (Å²) in [5.74, 6) is -5.29. The molecule has 0 saturated heterocycles. The van der Waals surface area contributed by atoms with Gasteiger partial charge in [0.25, 0.3) is 0 Å². The van der Waals surface area contributed by atoms with Gasteiger partial charge in [-0.05, 0) is 12.0 Å². The number of halogens is 1. The molecule has 0 bridgehead atoms. The second-order valence-corrected chi connectivity index (χ2v) is 3.63. The summed E-state index contributed by atoms with van der Waals surface area (Å²) in [6.07, 6.45) is -0.518. The summed E-state index contributed by atoms with van der Waals surface area (Å²) in [6.45, 7) is 0. The van der Waals surface area contributed by atoms with Crippen LogP contribution in [0, 0.1) is 21.8 Å². The monoisotopic (exact) mass is 271 g/mol. The zero-order valence-corrected chi connectivity index (χ0v) is 9.83. The van der Waals surface area contributed by atoms with Gasteiger partial charge in [-0.3, -0.25) is 19.7 Å². The Hall–Kier alpha value is -2.51. The number of carbonyl (C=O) groups excluding carboxylic acids is 1. The molecule has 0 aliphatic carbocycles. The summed E-state index contributed by atoms with van der Waals surface area (Å²) < 4.78 is 18.0. The third-order valence-electron chi connectivity index (χ3n) is 2.46. The number of carboxylic acids is 1. The molecule has 8 heteroatoms. The van der Waals surface area contributed by atoms with Gasteiger partial charge in [0.05, 0.1) is 12.0 Å². The number of rotatable bonds is 5. The zero-order chi connectivity index (χ0) is 14.6. The molecule has 0 aliphatic heterocycles. The lowest BCUT2D eigenvalue weighted by Crippen LogP contribution is -2.27. The van der Waals surface area contributed by atoms with Gasteiger partial charge in [0.15, 0.2) is 5.92 Å². The van der Waals surface area contributed by atoms with E-state index in [4.69, 9.17) is 5.11 Å². The predicted octanol–water partition coefficient (Wildman–Crippen LogP) is 1.15. The number of carboxylic acid groups (broad SMARTS) is 1. The van der Waals surface area contributed by atoms with Crippen molar-refractivity contribution in [3.8, 4) is 0 Å². The maximum atomic E-state index is 13.7. The Morgan fingerprint density at radius 1 is 1.53 bits per heavy atom. The summed E-state index contributed by atoms with van der Waals surface area (Å²) in [5, 5.41) is 19.4. The maximum absolute atomic E-state index is 13.7. The van der Waals surface area contributed by atoms with Crippen LogP contribution in [0.1, 0.15) is 5.56 Å². The molecule has 0 spiro atoms. The number of carbonyl (C=O) groups is 2. The van der Waals surface area contributed by atoms with Crippen LogP contribution in [0.4, 0.5) is 10.1 Å². The molecule has 0 amide bonds. The second kappa shape index (κ2) is 5.89. The van der Waals surface area contributed by atoms with E-state index >= 15 is 0 Å². The van der Waals surface area contributed by atoms with Crippen molar-refractivity contribution in [3.63, 3.8) is 0 Å². The Balaban J connectivity index is 3.10. The van der Waals surface area contributed by atoms with Gasteiger partial charge in [0, 0.05) is 6.07 Å². The molecule has 1 aromatic carbocycles. The lowest BCUT2D eigenvalue weighted by Gasteiger charge is -2.10. The first kappa shape index (κ1) is 14.6. The summed E-state index contributed by atoms with van der Waals surface area (Å²) in [7, 11) is 1.00. The molecule has 1 rings (SSSR count). The van der Waals surface area contributed by atoms with Gasteiger partial charge >= 0.3 is 17.6 Å². The number of hydrogen-bond acceptors (Lipinski definition) is 5. The number of nitro groups is 1. The molecule has 7 nitrogen and oxygen atoms in total. The van der Waals surface area contributed by atoms with E-state index in [1.807, 2.05) is 0 Å². The SMILES string of the molecule is COC(=O)C(Cc1cccc([N+](=O)[O-])c1F)C(=O)O. The minimum atomic E-state index is -1.61. The van der Waals surface area contributed by atoms with Crippen LogP contribution < -0.4 is 0 Å². The first-order chi connectivity index (χ1) is 8.88. The highest BCUT2D eigenvalue weighted by molar-refractivity contribution is 5.94. The molecule has 0 aromatic heterocycles. The van der Waals surface area contributed by atoms with Crippen molar-refractivity contribution in [2.45, 2.75) is 6.42 Å². The summed E-state index contributed by atoms with van der Waals surface area (Å²) in [5.41, 5.74) is -1.00. The van der Waals surface area contributed by atoms with Crippen molar-refractivity contribution in [1.29, 1.82) is 0 Å². The van der Waals surface area contributed by atoms with Crippen molar-refractivity contribution >= 4 is 17.6 Å². The van der Waals surface area contributed by atoms with Crippen molar-refractivity contribution in [2.24, 2.45) is 5.92 Å². The second-order valence-electron chi connectivity index (χ2n) is 3.63. The first-order valence-corrected chi connectivity index (χ1v) is 5.11. The number of esters is 1. The minimum Gasteiger partial charge on any atom is -0.481 e. The van der Waals surface area contributed by atoms with Crippen LogP contribution >= 0.6 is 0 Å². The molecule has 0 radical (unpaired) electrons. The smallest absolute Gasteiger partial charge is 0.320 e. The number of nitrogens with zero attached hydrogens (tertiary/aromatic N) is 1. The van der Waals surface area contributed by atoms with Crippen molar-refractivity contribution in [1.82, 2.24) is 0 Å². The van der Waals surface area contributed by atoms with Crippen LogP contribution in [0.25, 0.3) is 0 Å². The normalized spacial score (nSPS) is 11.7. The third kappa shape index (κ3) is 3.24. The highest BCUT2D eigenvalue weighted by Crippen LogP contribution is 2.22. The summed E-state index contributed by atoms with van der Waals surface area (Å²) >= 11 is 0. The Morgan fingerprint density at radius 2 is 2.16 bits per heavy atom. The van der Waals surface area contributed by atoms with E-state index in [1.54, 1.807) is 0 Å². The van der Waals surface area contributed by atoms with Crippen LogP contribution in [0.3, 0.4) is 0 Å². The standard InChI is InChI=1S/C11H10FNO6/c1-19-11(16)7(10(14)15)5-6-3-2-4-8(9(6)12)13(17)18/h2-4,7H,5H2,1H3,(H,14,15). The Labute approximate surface area is 106 Å². The summed E-state index contributed by atoms with van der Waals surface area (Å²) in [6, 6.07) is 3.35. The molecule has 1 unspecified atom stereocenters. The van der Waals surface area contributed by atoms with E-state index in [2.05, 4.69) is 4.74 Å². The van der Waals surface area contributed by atoms with Gasteiger partial charge in [-0.1, -0.05) is 12.1 Å². The quantitative estimate of drug-likeness (QED) is 0.372. The van der Waals surface area contributed by atoms with Crippen LogP contribution in [0.15, 0.2) is 18.2 Å².